The number of hydrogen-bond donors (Lipinski definition) is 0. The molecule has 0 amide bonds. The normalized spacial score (nSPS) is 17.9. The van der Waals surface area contributed by atoms with E-state index < -0.39 is 0 Å². The highest BCUT2D eigenvalue weighted by Gasteiger charge is 2.11. The summed E-state index contributed by atoms with van der Waals surface area (Å²) in [4.78, 5) is 0. The van der Waals surface area contributed by atoms with Crippen LogP contribution in [0, 0.1) is 12.3 Å². The molecule has 0 aliphatic heterocycles. The van der Waals surface area contributed by atoms with Crippen molar-refractivity contribution >= 4 is 5.57 Å². The van der Waals surface area contributed by atoms with Gasteiger partial charge in [0.15, 0.2) is 0 Å². The molecule has 0 bridgehead atoms. The zero-order valence-corrected chi connectivity index (χ0v) is 7.59. The van der Waals surface area contributed by atoms with Crippen molar-refractivity contribution in [3.63, 3.8) is 0 Å². The topological polar surface area (TPSA) is 0 Å². The van der Waals surface area contributed by atoms with E-state index in [4.69, 9.17) is 6.42 Å². The maximum Gasteiger partial charge on any atom is -0.00834 e. The Balaban J connectivity index is 2.50. The molecular formula is C13H12. The quantitative estimate of drug-likeness (QED) is 0.522. The number of rotatable bonds is 0. The Morgan fingerprint density at radius 2 is 2.08 bits per heavy atom. The van der Waals surface area contributed by atoms with E-state index in [0.717, 1.165) is 6.42 Å². The number of allylic oxidation sites excluding steroid dienone is 2. The van der Waals surface area contributed by atoms with E-state index in [1.165, 1.54) is 29.5 Å². The third kappa shape index (κ3) is 1.51. The highest BCUT2D eigenvalue weighted by atomic mass is 14.2. The Morgan fingerprint density at radius 1 is 1.23 bits per heavy atom. The molecule has 64 valence electrons. The van der Waals surface area contributed by atoms with Crippen LogP contribution in [0.15, 0.2) is 30.3 Å². The lowest BCUT2D eigenvalue weighted by Gasteiger charge is -2.17. The molecule has 0 aromatic heterocycles. The second-order valence-corrected chi connectivity index (χ2v) is 3.35. The second kappa shape index (κ2) is 3.49. The molecular weight excluding hydrogens is 156 g/mol. The third-order valence-electron chi connectivity index (χ3n) is 2.51. The summed E-state index contributed by atoms with van der Waals surface area (Å²) >= 11 is 0. The number of terminal acetylenes is 1. The van der Waals surface area contributed by atoms with Gasteiger partial charge in [-0.25, -0.2) is 0 Å². The van der Waals surface area contributed by atoms with Crippen LogP contribution in [0.25, 0.3) is 5.57 Å². The minimum absolute atomic E-state index is 1.13. The summed E-state index contributed by atoms with van der Waals surface area (Å²) in [5.74, 6) is 2.62. The number of hydrogen-bond acceptors (Lipinski definition) is 0. The maximum absolute atomic E-state index is 5.29. The van der Waals surface area contributed by atoms with Crippen molar-refractivity contribution in [2.45, 2.75) is 19.3 Å². The van der Waals surface area contributed by atoms with E-state index >= 15 is 0 Å². The van der Waals surface area contributed by atoms with E-state index in [1.807, 2.05) is 6.08 Å². The molecule has 0 atom stereocenters. The lowest BCUT2D eigenvalue weighted by atomic mass is 9.87. The first-order valence-corrected chi connectivity index (χ1v) is 4.65. The molecule has 0 fully saturated rings. The van der Waals surface area contributed by atoms with Crippen LogP contribution in [0.1, 0.15) is 24.0 Å². The standard InChI is InChI=1S/C13H12/c1-2-6-11-8-5-9-12-7-3-4-10-13(11)12/h1,3-4,6-7,10H,5,8-9H2/b11-6+. The van der Waals surface area contributed by atoms with Crippen LogP contribution < -0.4 is 0 Å². The van der Waals surface area contributed by atoms with Crippen molar-refractivity contribution < 1.29 is 0 Å². The molecule has 0 spiro atoms. The number of benzene rings is 1. The van der Waals surface area contributed by atoms with Gasteiger partial charge >= 0.3 is 0 Å². The minimum Gasteiger partial charge on any atom is -0.115 e. The first kappa shape index (κ1) is 8.13. The molecule has 1 aliphatic rings. The van der Waals surface area contributed by atoms with Crippen molar-refractivity contribution in [3.8, 4) is 12.3 Å². The molecule has 0 heterocycles. The molecule has 0 nitrogen and oxygen atoms in total. The third-order valence-corrected chi connectivity index (χ3v) is 2.51. The fraction of sp³-hybridized carbons (Fsp3) is 0.231. The van der Waals surface area contributed by atoms with Crippen LogP contribution in [0.4, 0.5) is 0 Å². The minimum atomic E-state index is 1.13. The van der Waals surface area contributed by atoms with Crippen molar-refractivity contribution in [1.29, 1.82) is 0 Å². The van der Waals surface area contributed by atoms with Gasteiger partial charge < -0.3 is 0 Å². The summed E-state index contributed by atoms with van der Waals surface area (Å²) in [6.45, 7) is 0. The predicted molar refractivity (Wildman–Crippen MR) is 56.2 cm³/mol. The zero-order chi connectivity index (χ0) is 9.10. The van der Waals surface area contributed by atoms with Gasteiger partial charge in [-0.3, -0.25) is 0 Å². The SMILES string of the molecule is C#C/C=C1\CCCc2ccccc21. The maximum atomic E-state index is 5.29. The molecule has 13 heavy (non-hydrogen) atoms. The van der Waals surface area contributed by atoms with E-state index in [2.05, 4.69) is 30.2 Å². The fourth-order valence-electron chi connectivity index (χ4n) is 1.91. The monoisotopic (exact) mass is 168 g/mol. The van der Waals surface area contributed by atoms with Crippen LogP contribution in [-0.2, 0) is 6.42 Å². The Bertz CT molecular complexity index is 377. The Hall–Kier alpha value is -1.48. The van der Waals surface area contributed by atoms with Gasteiger partial charge in [0, 0.05) is 0 Å². The first-order valence-electron chi connectivity index (χ1n) is 4.65. The van der Waals surface area contributed by atoms with Crippen molar-refractivity contribution in [2.24, 2.45) is 0 Å². The molecule has 1 aromatic rings. The Morgan fingerprint density at radius 3 is 2.92 bits per heavy atom. The van der Waals surface area contributed by atoms with Crippen LogP contribution >= 0.6 is 0 Å². The average Bonchev–Trinajstić information content (AvgIpc) is 2.19. The summed E-state index contributed by atoms with van der Waals surface area (Å²) < 4.78 is 0. The van der Waals surface area contributed by atoms with Crippen molar-refractivity contribution in [1.82, 2.24) is 0 Å². The van der Waals surface area contributed by atoms with Gasteiger partial charge in [0.1, 0.15) is 0 Å². The van der Waals surface area contributed by atoms with Crippen LogP contribution in [0.3, 0.4) is 0 Å². The smallest absolute Gasteiger partial charge is 0.00834 e. The predicted octanol–water partition coefficient (Wildman–Crippen LogP) is 3.04. The van der Waals surface area contributed by atoms with Crippen molar-refractivity contribution in [3.05, 3.63) is 41.5 Å². The first-order chi connectivity index (χ1) is 6.42. The summed E-state index contributed by atoms with van der Waals surface area (Å²) in [5.41, 5.74) is 4.12. The highest BCUT2D eigenvalue weighted by Crippen LogP contribution is 2.29. The molecule has 2 rings (SSSR count). The largest absolute Gasteiger partial charge is 0.115 e. The second-order valence-electron chi connectivity index (χ2n) is 3.35. The molecule has 0 N–H and O–H groups in total. The lowest BCUT2D eigenvalue weighted by Crippen LogP contribution is -2.00. The highest BCUT2D eigenvalue weighted by molar-refractivity contribution is 5.71. The van der Waals surface area contributed by atoms with Gasteiger partial charge in [-0.1, -0.05) is 30.2 Å². The summed E-state index contributed by atoms with van der Waals surface area (Å²) in [7, 11) is 0. The van der Waals surface area contributed by atoms with Gasteiger partial charge in [0.2, 0.25) is 0 Å². The van der Waals surface area contributed by atoms with Gasteiger partial charge in [-0.2, -0.15) is 0 Å². The summed E-state index contributed by atoms with van der Waals surface area (Å²) in [6.07, 6.45) is 10.7. The molecule has 0 unspecified atom stereocenters. The van der Waals surface area contributed by atoms with E-state index in [0.29, 0.717) is 0 Å². The van der Waals surface area contributed by atoms with Crippen LogP contribution in [0.2, 0.25) is 0 Å². The fourth-order valence-corrected chi connectivity index (χ4v) is 1.91. The van der Waals surface area contributed by atoms with Gasteiger partial charge in [0.25, 0.3) is 0 Å². The van der Waals surface area contributed by atoms with Crippen molar-refractivity contribution in [2.75, 3.05) is 0 Å². The Labute approximate surface area is 79.3 Å². The van der Waals surface area contributed by atoms with Gasteiger partial charge in [-0.05, 0) is 42.0 Å². The van der Waals surface area contributed by atoms with Gasteiger partial charge in [0.05, 0.1) is 0 Å². The summed E-state index contributed by atoms with van der Waals surface area (Å²) in [6, 6.07) is 8.53. The molecule has 1 aromatic carbocycles. The van der Waals surface area contributed by atoms with E-state index in [1.54, 1.807) is 0 Å². The van der Waals surface area contributed by atoms with Gasteiger partial charge in [-0.15, -0.1) is 6.42 Å². The van der Waals surface area contributed by atoms with E-state index in [9.17, 15) is 0 Å². The molecule has 1 aliphatic carbocycles. The van der Waals surface area contributed by atoms with E-state index in [-0.39, 0.29) is 0 Å². The summed E-state index contributed by atoms with van der Waals surface area (Å²) in [5, 5.41) is 0. The number of aryl methyl sites for hydroxylation is 1. The number of fused-ring (bicyclic) bond motifs is 1. The zero-order valence-electron chi connectivity index (χ0n) is 7.59. The van der Waals surface area contributed by atoms with Crippen LogP contribution in [0.5, 0.6) is 0 Å². The average molecular weight is 168 g/mol. The molecule has 0 radical (unpaired) electrons. The molecule has 0 saturated carbocycles. The Kier molecular flexibility index (Phi) is 2.19. The molecule has 0 saturated heterocycles. The molecule has 0 heteroatoms. The lowest BCUT2D eigenvalue weighted by molar-refractivity contribution is 0.822. The van der Waals surface area contributed by atoms with Crippen LogP contribution in [-0.4, -0.2) is 0 Å².